The molecular formula is C11H14N4O2. The normalized spacial score (nSPS) is 10.8. The maximum atomic E-state index is 11.7. The van der Waals surface area contributed by atoms with E-state index in [4.69, 9.17) is 4.42 Å². The highest BCUT2D eigenvalue weighted by atomic mass is 16.3. The number of anilines is 1. The quantitative estimate of drug-likeness (QED) is 0.857. The molecule has 2 aromatic rings. The zero-order valence-electron chi connectivity index (χ0n) is 9.75. The van der Waals surface area contributed by atoms with Crippen LogP contribution in [0.2, 0.25) is 0 Å². The number of aromatic nitrogens is 3. The van der Waals surface area contributed by atoms with Gasteiger partial charge in [0.25, 0.3) is 0 Å². The lowest BCUT2D eigenvalue weighted by Gasteiger charge is -2.08. The summed E-state index contributed by atoms with van der Waals surface area (Å²) in [6.45, 7) is 4.25. The lowest BCUT2D eigenvalue weighted by atomic mass is 10.4. The number of nitrogens with zero attached hydrogens (tertiary/aromatic N) is 3. The molecule has 0 atom stereocenters. The van der Waals surface area contributed by atoms with Crippen molar-refractivity contribution in [1.29, 1.82) is 0 Å². The standard InChI is InChI=1S/C11H14N4O2/c1-8(2)13-10-12-7-15(11(16)14-10)6-9-4-3-5-17-9/h3-5,7-8H,6H2,1-2H3,(H,13,14,16). The summed E-state index contributed by atoms with van der Waals surface area (Å²) in [6, 6.07) is 3.76. The molecule has 2 heterocycles. The molecule has 0 aliphatic rings. The third-order valence-corrected chi connectivity index (χ3v) is 2.09. The summed E-state index contributed by atoms with van der Waals surface area (Å²) in [4.78, 5) is 19.6. The van der Waals surface area contributed by atoms with Crippen LogP contribution in [-0.2, 0) is 6.54 Å². The minimum atomic E-state index is -0.348. The Balaban J connectivity index is 2.17. The lowest BCUT2D eigenvalue weighted by Crippen LogP contribution is -2.26. The average molecular weight is 234 g/mol. The first-order chi connectivity index (χ1) is 8.15. The molecule has 0 bridgehead atoms. The molecule has 0 spiro atoms. The molecule has 0 saturated heterocycles. The molecule has 6 heteroatoms. The fourth-order valence-electron chi connectivity index (χ4n) is 1.36. The van der Waals surface area contributed by atoms with Crippen LogP contribution in [-0.4, -0.2) is 20.6 Å². The molecule has 6 nitrogen and oxygen atoms in total. The van der Waals surface area contributed by atoms with E-state index in [-0.39, 0.29) is 11.7 Å². The van der Waals surface area contributed by atoms with Gasteiger partial charge in [0.15, 0.2) is 0 Å². The molecule has 0 aromatic carbocycles. The predicted octanol–water partition coefficient (Wildman–Crippen LogP) is 1.10. The second-order valence-corrected chi connectivity index (χ2v) is 3.97. The molecule has 0 saturated carbocycles. The SMILES string of the molecule is CC(C)Nc1ncn(Cc2ccco2)c(=O)n1. The molecule has 0 radical (unpaired) electrons. The number of hydrogen-bond donors (Lipinski definition) is 1. The van der Waals surface area contributed by atoms with Gasteiger partial charge >= 0.3 is 5.69 Å². The third kappa shape index (κ3) is 2.93. The Morgan fingerprint density at radius 1 is 1.53 bits per heavy atom. The van der Waals surface area contributed by atoms with Crippen LogP contribution in [0.3, 0.4) is 0 Å². The summed E-state index contributed by atoms with van der Waals surface area (Å²) in [5.74, 6) is 1.04. The summed E-state index contributed by atoms with van der Waals surface area (Å²) in [5, 5.41) is 2.97. The highest BCUT2D eigenvalue weighted by Gasteiger charge is 2.04. The molecule has 0 amide bonds. The highest BCUT2D eigenvalue weighted by molar-refractivity contribution is 5.22. The number of hydrogen-bond acceptors (Lipinski definition) is 5. The number of nitrogens with one attached hydrogen (secondary N) is 1. The van der Waals surface area contributed by atoms with Crippen molar-refractivity contribution in [1.82, 2.24) is 14.5 Å². The van der Waals surface area contributed by atoms with Gasteiger partial charge in [-0.2, -0.15) is 4.98 Å². The fourth-order valence-corrected chi connectivity index (χ4v) is 1.36. The van der Waals surface area contributed by atoms with Crippen LogP contribution in [0, 0.1) is 0 Å². The molecule has 0 fully saturated rings. The van der Waals surface area contributed by atoms with Crippen molar-refractivity contribution in [2.45, 2.75) is 26.4 Å². The zero-order valence-corrected chi connectivity index (χ0v) is 9.75. The van der Waals surface area contributed by atoms with Crippen LogP contribution < -0.4 is 11.0 Å². The minimum Gasteiger partial charge on any atom is -0.467 e. The predicted molar refractivity (Wildman–Crippen MR) is 62.9 cm³/mol. The van der Waals surface area contributed by atoms with Crippen molar-refractivity contribution in [2.24, 2.45) is 0 Å². The van der Waals surface area contributed by atoms with Gasteiger partial charge in [0.2, 0.25) is 5.95 Å². The molecule has 1 N–H and O–H groups in total. The number of furan rings is 1. The summed E-state index contributed by atoms with van der Waals surface area (Å²) < 4.78 is 6.55. The molecule has 0 aliphatic carbocycles. The van der Waals surface area contributed by atoms with Gasteiger partial charge in [-0.05, 0) is 26.0 Å². The second kappa shape index (κ2) is 4.82. The van der Waals surface area contributed by atoms with Crippen LogP contribution in [0.15, 0.2) is 33.9 Å². The van der Waals surface area contributed by atoms with E-state index in [1.807, 2.05) is 13.8 Å². The van der Waals surface area contributed by atoms with Crippen LogP contribution >= 0.6 is 0 Å². The smallest absolute Gasteiger partial charge is 0.352 e. The first kappa shape index (κ1) is 11.4. The Morgan fingerprint density at radius 3 is 2.94 bits per heavy atom. The van der Waals surface area contributed by atoms with Crippen LogP contribution in [0.4, 0.5) is 5.95 Å². The van der Waals surface area contributed by atoms with Gasteiger partial charge in [0, 0.05) is 6.04 Å². The topological polar surface area (TPSA) is 73.0 Å². The van der Waals surface area contributed by atoms with E-state index in [9.17, 15) is 4.79 Å². The van der Waals surface area contributed by atoms with Crippen molar-refractivity contribution in [3.05, 3.63) is 41.0 Å². The maximum Gasteiger partial charge on any atom is 0.352 e. The Labute approximate surface area is 98.3 Å². The van der Waals surface area contributed by atoms with E-state index in [2.05, 4.69) is 15.3 Å². The summed E-state index contributed by atoms with van der Waals surface area (Å²) in [6.07, 6.45) is 3.03. The van der Waals surface area contributed by atoms with Gasteiger partial charge in [-0.1, -0.05) is 0 Å². The average Bonchev–Trinajstić information content (AvgIpc) is 2.74. The van der Waals surface area contributed by atoms with E-state index in [0.29, 0.717) is 18.3 Å². The fraction of sp³-hybridized carbons (Fsp3) is 0.364. The van der Waals surface area contributed by atoms with Crippen molar-refractivity contribution in [3.63, 3.8) is 0 Å². The molecule has 2 aromatic heterocycles. The summed E-state index contributed by atoms with van der Waals surface area (Å²) in [7, 11) is 0. The lowest BCUT2D eigenvalue weighted by molar-refractivity contribution is 0.485. The van der Waals surface area contributed by atoms with E-state index in [1.165, 1.54) is 10.9 Å². The van der Waals surface area contributed by atoms with Gasteiger partial charge in [0.05, 0.1) is 12.8 Å². The zero-order chi connectivity index (χ0) is 12.3. The largest absolute Gasteiger partial charge is 0.467 e. The van der Waals surface area contributed by atoms with Crippen molar-refractivity contribution in [2.75, 3.05) is 5.32 Å². The van der Waals surface area contributed by atoms with Gasteiger partial charge < -0.3 is 9.73 Å². The van der Waals surface area contributed by atoms with Crippen LogP contribution in [0.5, 0.6) is 0 Å². The third-order valence-electron chi connectivity index (χ3n) is 2.09. The summed E-state index contributed by atoms with van der Waals surface area (Å²) >= 11 is 0. The molecule has 17 heavy (non-hydrogen) atoms. The summed E-state index contributed by atoms with van der Waals surface area (Å²) in [5.41, 5.74) is -0.348. The van der Waals surface area contributed by atoms with Gasteiger partial charge in [-0.15, -0.1) is 0 Å². The van der Waals surface area contributed by atoms with Gasteiger partial charge in [-0.3, -0.25) is 4.57 Å². The van der Waals surface area contributed by atoms with E-state index >= 15 is 0 Å². The maximum absolute atomic E-state index is 11.7. The highest BCUT2D eigenvalue weighted by Crippen LogP contribution is 2.01. The van der Waals surface area contributed by atoms with E-state index in [0.717, 1.165) is 0 Å². The van der Waals surface area contributed by atoms with E-state index < -0.39 is 0 Å². The second-order valence-electron chi connectivity index (χ2n) is 3.97. The Hall–Kier alpha value is -2.11. The Kier molecular flexibility index (Phi) is 3.22. The monoisotopic (exact) mass is 234 g/mol. The molecule has 90 valence electrons. The molecular weight excluding hydrogens is 220 g/mol. The number of rotatable bonds is 4. The van der Waals surface area contributed by atoms with Gasteiger partial charge in [-0.25, -0.2) is 9.78 Å². The first-order valence-corrected chi connectivity index (χ1v) is 5.37. The molecule has 0 unspecified atom stereocenters. The minimum absolute atomic E-state index is 0.190. The van der Waals surface area contributed by atoms with Gasteiger partial charge in [0.1, 0.15) is 12.1 Å². The Bertz CT molecular complexity index is 531. The molecule has 2 rings (SSSR count). The first-order valence-electron chi connectivity index (χ1n) is 5.37. The van der Waals surface area contributed by atoms with Crippen LogP contribution in [0.25, 0.3) is 0 Å². The van der Waals surface area contributed by atoms with Crippen LogP contribution in [0.1, 0.15) is 19.6 Å². The van der Waals surface area contributed by atoms with Crippen molar-refractivity contribution in [3.8, 4) is 0 Å². The van der Waals surface area contributed by atoms with E-state index in [1.54, 1.807) is 18.4 Å². The molecule has 0 aliphatic heterocycles. The van der Waals surface area contributed by atoms with Crippen molar-refractivity contribution < 1.29 is 4.42 Å². The Morgan fingerprint density at radius 2 is 2.35 bits per heavy atom. The van der Waals surface area contributed by atoms with Crippen molar-refractivity contribution >= 4 is 5.95 Å².